The minimum absolute atomic E-state index is 0.0389. The van der Waals surface area contributed by atoms with Crippen LogP contribution in [-0.2, 0) is 27.2 Å². The number of primary amides is 1. The van der Waals surface area contributed by atoms with E-state index in [2.05, 4.69) is 0 Å². The van der Waals surface area contributed by atoms with Crippen LogP contribution in [0.5, 0.6) is 5.75 Å². The van der Waals surface area contributed by atoms with E-state index in [-0.39, 0.29) is 29.7 Å². The molecule has 4 rings (SSSR count). The number of Topliss-reactive ketones (excluding diaryl/α,β-unsaturated/α-hetero) is 2. The van der Waals surface area contributed by atoms with E-state index in [0.717, 1.165) is 5.56 Å². The molecule has 1 fully saturated rings. The molecule has 1 saturated carbocycles. The normalized spacial score (nSPS) is 29.1. The Bertz CT molecular complexity index is 1200. The monoisotopic (exact) mass is 486 g/mol. The van der Waals surface area contributed by atoms with Gasteiger partial charge < -0.3 is 31.3 Å². The number of aliphatic hydroxyl groups excluding tert-OH is 3. The summed E-state index contributed by atoms with van der Waals surface area (Å²) in [4.78, 5) is 40.3. The highest BCUT2D eigenvalue weighted by Crippen LogP contribution is 2.53. The lowest BCUT2D eigenvalue weighted by Gasteiger charge is -2.50. The number of likely N-dealkylation sites (N-methyl/N-ethyl adjacent to an activating group) is 1. The summed E-state index contributed by atoms with van der Waals surface area (Å²) in [6.45, 7) is 1.66. The Morgan fingerprint density at radius 1 is 1.23 bits per heavy atom. The van der Waals surface area contributed by atoms with Gasteiger partial charge in [-0.05, 0) is 69.8 Å². The van der Waals surface area contributed by atoms with E-state index in [1.165, 1.54) is 11.0 Å². The first-order valence-electron chi connectivity index (χ1n) is 11.5. The number of nitrogens with zero attached hydrogens (tertiary/aromatic N) is 1. The van der Waals surface area contributed by atoms with Crippen molar-refractivity contribution >= 4 is 23.2 Å². The van der Waals surface area contributed by atoms with Gasteiger partial charge in [0, 0.05) is 11.5 Å². The van der Waals surface area contributed by atoms with Crippen molar-refractivity contribution in [1.82, 2.24) is 4.90 Å². The van der Waals surface area contributed by atoms with Crippen LogP contribution in [0.2, 0.25) is 0 Å². The molecule has 188 valence electrons. The predicted octanol–water partition coefficient (Wildman–Crippen LogP) is 0.277. The van der Waals surface area contributed by atoms with Crippen LogP contribution in [0.1, 0.15) is 36.5 Å². The lowest BCUT2D eigenvalue weighted by Crippen LogP contribution is -2.65. The van der Waals surface area contributed by atoms with Gasteiger partial charge in [0.1, 0.15) is 22.8 Å². The van der Waals surface area contributed by atoms with Gasteiger partial charge in [-0.15, -0.1) is 0 Å². The van der Waals surface area contributed by atoms with E-state index in [9.17, 15) is 39.9 Å². The number of aryl methyl sites for hydroxylation is 1. The third-order valence-electron chi connectivity index (χ3n) is 7.53. The number of ketones is 2. The first kappa shape index (κ1) is 24.9. The number of hydrogen-bond acceptors (Lipinski definition) is 9. The van der Waals surface area contributed by atoms with Gasteiger partial charge in [0.05, 0.1) is 17.7 Å². The highest BCUT2D eigenvalue weighted by atomic mass is 16.3. The summed E-state index contributed by atoms with van der Waals surface area (Å²) in [6, 6.07) is 1.98. The zero-order chi connectivity index (χ0) is 26.0. The maximum Gasteiger partial charge on any atom is 0.255 e. The van der Waals surface area contributed by atoms with Crippen molar-refractivity contribution in [3.05, 3.63) is 45.7 Å². The van der Waals surface area contributed by atoms with Crippen LogP contribution in [-0.4, -0.2) is 79.7 Å². The molecular formula is C25H30N2O8. The second kappa shape index (κ2) is 8.47. The number of rotatable bonds is 5. The van der Waals surface area contributed by atoms with E-state index >= 15 is 0 Å². The topological polar surface area (TPSA) is 182 Å². The molecule has 10 nitrogen and oxygen atoms in total. The Morgan fingerprint density at radius 3 is 2.46 bits per heavy atom. The molecule has 3 aliphatic carbocycles. The molecular weight excluding hydrogens is 456 g/mol. The molecule has 3 aliphatic rings. The Hall–Kier alpha value is -3.21. The van der Waals surface area contributed by atoms with Crippen molar-refractivity contribution in [3.8, 4) is 5.75 Å². The molecule has 0 aromatic heterocycles. The van der Waals surface area contributed by atoms with Crippen molar-refractivity contribution in [2.75, 3.05) is 14.1 Å². The van der Waals surface area contributed by atoms with Crippen molar-refractivity contribution in [2.45, 2.75) is 50.4 Å². The number of aliphatic hydroxyl groups is 4. The van der Waals surface area contributed by atoms with Crippen LogP contribution in [0.15, 0.2) is 29.0 Å². The first-order valence-corrected chi connectivity index (χ1v) is 11.5. The fourth-order valence-electron chi connectivity index (χ4n) is 5.91. The fraction of sp³-hybridized carbons (Fsp3) is 0.480. The zero-order valence-electron chi connectivity index (χ0n) is 19.8. The molecule has 0 heterocycles. The van der Waals surface area contributed by atoms with Gasteiger partial charge in [-0.3, -0.25) is 19.3 Å². The Morgan fingerprint density at radius 2 is 1.89 bits per heavy atom. The van der Waals surface area contributed by atoms with E-state index in [4.69, 9.17) is 5.73 Å². The van der Waals surface area contributed by atoms with Gasteiger partial charge in [-0.1, -0.05) is 6.07 Å². The van der Waals surface area contributed by atoms with E-state index in [1.807, 2.05) is 0 Å². The Kier molecular flexibility index (Phi) is 6.03. The zero-order valence-corrected chi connectivity index (χ0v) is 19.8. The largest absolute Gasteiger partial charge is 0.508 e. The lowest BCUT2D eigenvalue weighted by atomic mass is 9.57. The van der Waals surface area contributed by atoms with Gasteiger partial charge in [-0.25, -0.2) is 0 Å². The van der Waals surface area contributed by atoms with Crippen LogP contribution >= 0.6 is 0 Å². The SMILES string of the molecule is CC(O)CCc1ccc(O)c2c1CC1CC3C(N(C)C)C(=O)C(C(N)=O)=C(O)C3(O)C(=O)C1=C2O. The number of phenolic OH excluding ortho intramolecular Hbond substituents is 1. The molecule has 1 aromatic carbocycles. The number of fused-ring (bicyclic) bond motifs is 3. The summed E-state index contributed by atoms with van der Waals surface area (Å²) < 4.78 is 0. The third-order valence-corrected chi connectivity index (χ3v) is 7.53. The minimum Gasteiger partial charge on any atom is -0.508 e. The van der Waals surface area contributed by atoms with Gasteiger partial charge in [0.15, 0.2) is 11.4 Å². The molecule has 35 heavy (non-hydrogen) atoms. The van der Waals surface area contributed by atoms with Crippen molar-refractivity contribution in [3.63, 3.8) is 0 Å². The van der Waals surface area contributed by atoms with Crippen LogP contribution in [0.3, 0.4) is 0 Å². The average Bonchev–Trinajstić information content (AvgIpc) is 2.75. The van der Waals surface area contributed by atoms with Crippen molar-refractivity contribution in [1.29, 1.82) is 0 Å². The second-order valence-corrected chi connectivity index (χ2v) is 9.95. The number of carbonyl (C=O) groups excluding carboxylic acids is 3. The maximum atomic E-state index is 13.7. The molecule has 0 aliphatic heterocycles. The van der Waals surface area contributed by atoms with E-state index in [0.29, 0.717) is 18.4 Å². The highest BCUT2D eigenvalue weighted by Gasteiger charge is 2.64. The summed E-state index contributed by atoms with van der Waals surface area (Å²) in [6.07, 6.45) is 0.639. The standard InChI is InChI=1S/C25H30N2O8/c1-10(28)4-5-11-6-7-15(29)17-13(11)8-12-9-14-19(27(2)3)21(31)18(24(26)34)23(33)25(14,35)22(32)16(12)20(17)30/h6-7,10,12,14,19,28-30,33,35H,4-5,8-9H2,1-3H3,(H2,26,34). The molecule has 10 heteroatoms. The van der Waals surface area contributed by atoms with Crippen LogP contribution in [0.25, 0.3) is 5.76 Å². The summed E-state index contributed by atoms with van der Waals surface area (Å²) in [5.74, 6) is -6.70. The van der Waals surface area contributed by atoms with Crippen molar-refractivity contribution < 1.29 is 39.9 Å². The minimum atomic E-state index is -2.65. The smallest absolute Gasteiger partial charge is 0.255 e. The van der Waals surface area contributed by atoms with Gasteiger partial charge in [0.25, 0.3) is 5.91 Å². The van der Waals surface area contributed by atoms with Crippen LogP contribution in [0.4, 0.5) is 0 Å². The Balaban J connectivity index is 1.92. The quantitative estimate of drug-likeness (QED) is 0.318. The van der Waals surface area contributed by atoms with E-state index < -0.39 is 64.1 Å². The van der Waals surface area contributed by atoms with Crippen molar-refractivity contribution in [2.24, 2.45) is 17.6 Å². The number of nitrogens with two attached hydrogens (primary N) is 1. The summed E-state index contributed by atoms with van der Waals surface area (Å²) in [7, 11) is 3.11. The van der Waals surface area contributed by atoms with Gasteiger partial charge >= 0.3 is 0 Å². The summed E-state index contributed by atoms with van der Waals surface area (Å²) in [5, 5.41) is 53.8. The molecule has 7 N–H and O–H groups in total. The molecule has 0 bridgehead atoms. The molecule has 1 aromatic rings. The number of hydrogen-bond donors (Lipinski definition) is 6. The molecule has 0 radical (unpaired) electrons. The molecule has 5 unspecified atom stereocenters. The maximum absolute atomic E-state index is 13.7. The summed E-state index contributed by atoms with van der Waals surface area (Å²) >= 11 is 0. The molecule has 5 atom stereocenters. The summed E-state index contributed by atoms with van der Waals surface area (Å²) in [5.41, 5.74) is 3.12. The molecule has 0 saturated heterocycles. The number of phenols is 1. The average molecular weight is 487 g/mol. The fourth-order valence-corrected chi connectivity index (χ4v) is 5.91. The van der Waals surface area contributed by atoms with Gasteiger partial charge in [-0.2, -0.15) is 0 Å². The predicted molar refractivity (Wildman–Crippen MR) is 124 cm³/mol. The molecule has 0 spiro atoms. The van der Waals surface area contributed by atoms with Gasteiger partial charge in [0.2, 0.25) is 5.78 Å². The highest BCUT2D eigenvalue weighted by molar-refractivity contribution is 6.24. The second-order valence-electron chi connectivity index (χ2n) is 9.95. The number of benzene rings is 1. The third kappa shape index (κ3) is 3.55. The molecule has 1 amide bonds. The Labute approximate surface area is 202 Å². The number of amides is 1. The van der Waals surface area contributed by atoms with Crippen LogP contribution in [0, 0.1) is 11.8 Å². The lowest BCUT2D eigenvalue weighted by molar-refractivity contribution is -0.153. The number of carbonyl (C=O) groups is 3. The van der Waals surface area contributed by atoms with E-state index in [1.54, 1.807) is 27.1 Å². The number of aromatic hydroxyl groups is 1. The van der Waals surface area contributed by atoms with Crippen LogP contribution < -0.4 is 5.73 Å². The first-order chi connectivity index (χ1) is 16.3.